The van der Waals surface area contributed by atoms with Crippen molar-refractivity contribution in [2.75, 3.05) is 52.9 Å². The van der Waals surface area contributed by atoms with E-state index in [9.17, 15) is 0 Å². The molecule has 0 aliphatic rings. The van der Waals surface area contributed by atoms with Gasteiger partial charge in [0.05, 0.1) is 39.6 Å². The zero-order valence-electron chi connectivity index (χ0n) is 13.6. The van der Waals surface area contributed by atoms with Gasteiger partial charge in [-0.2, -0.15) is 0 Å². The van der Waals surface area contributed by atoms with E-state index in [-0.39, 0.29) is 13.2 Å². The summed E-state index contributed by atoms with van der Waals surface area (Å²) in [7, 11) is 0. The zero-order valence-corrected chi connectivity index (χ0v) is 13.6. The van der Waals surface area contributed by atoms with Crippen LogP contribution in [0.3, 0.4) is 0 Å². The predicted octanol–water partition coefficient (Wildman–Crippen LogP) is 1.62. The van der Waals surface area contributed by atoms with Crippen LogP contribution in [0.1, 0.15) is 0 Å². The fraction of sp³-hybridized carbons (Fsp3) is 0.444. The molecule has 0 aromatic heterocycles. The Morgan fingerprint density at radius 3 is 1.46 bits per heavy atom. The molecular formula is C18H24O6. The normalized spacial score (nSPS) is 10.9. The van der Waals surface area contributed by atoms with Gasteiger partial charge in [-0.1, -0.05) is 12.1 Å². The molecule has 0 radical (unpaired) electrons. The van der Waals surface area contributed by atoms with Crippen LogP contribution in [0.2, 0.25) is 0 Å². The monoisotopic (exact) mass is 336 g/mol. The number of hydrogen-bond donors (Lipinski definition) is 2. The van der Waals surface area contributed by atoms with Gasteiger partial charge in [0, 0.05) is 0 Å². The molecule has 2 aromatic carbocycles. The number of rotatable bonds is 12. The van der Waals surface area contributed by atoms with Crippen molar-refractivity contribution in [1.82, 2.24) is 0 Å². The molecule has 6 heteroatoms. The standard InChI is InChI=1S/C18H24O6/c19-5-7-21-9-11-23-17-3-1-15-13-18(4-2-16(15)14-17)24-12-10-22-8-6-20/h1-4,13-14,19-20H,5-12H2. The van der Waals surface area contributed by atoms with E-state index < -0.39 is 0 Å². The van der Waals surface area contributed by atoms with E-state index in [1.54, 1.807) is 0 Å². The van der Waals surface area contributed by atoms with Crippen molar-refractivity contribution in [3.63, 3.8) is 0 Å². The molecule has 0 atom stereocenters. The highest BCUT2D eigenvalue weighted by Crippen LogP contribution is 2.25. The maximum Gasteiger partial charge on any atom is 0.120 e. The molecule has 0 unspecified atom stereocenters. The second-order valence-corrected chi connectivity index (χ2v) is 5.04. The number of fused-ring (bicyclic) bond motifs is 1. The van der Waals surface area contributed by atoms with E-state index in [2.05, 4.69) is 0 Å². The highest BCUT2D eigenvalue weighted by molar-refractivity contribution is 5.85. The summed E-state index contributed by atoms with van der Waals surface area (Å²) in [6.45, 7) is 2.49. The van der Waals surface area contributed by atoms with E-state index in [0.29, 0.717) is 39.6 Å². The van der Waals surface area contributed by atoms with Crippen LogP contribution in [0, 0.1) is 0 Å². The summed E-state index contributed by atoms with van der Waals surface area (Å²) in [5, 5.41) is 19.4. The lowest BCUT2D eigenvalue weighted by atomic mass is 10.1. The number of aliphatic hydroxyl groups excluding tert-OH is 2. The van der Waals surface area contributed by atoms with Crippen molar-refractivity contribution in [1.29, 1.82) is 0 Å². The van der Waals surface area contributed by atoms with Gasteiger partial charge in [-0.25, -0.2) is 0 Å². The predicted molar refractivity (Wildman–Crippen MR) is 90.7 cm³/mol. The van der Waals surface area contributed by atoms with Crippen LogP contribution in [-0.4, -0.2) is 63.1 Å². The molecule has 6 nitrogen and oxygen atoms in total. The highest BCUT2D eigenvalue weighted by atomic mass is 16.5. The number of benzene rings is 2. The molecule has 2 N–H and O–H groups in total. The second kappa shape index (κ2) is 10.8. The molecule has 0 saturated carbocycles. The van der Waals surface area contributed by atoms with Crippen molar-refractivity contribution in [2.45, 2.75) is 0 Å². The molecule has 0 spiro atoms. The lowest BCUT2D eigenvalue weighted by Crippen LogP contribution is -2.09. The van der Waals surface area contributed by atoms with Gasteiger partial charge in [0.2, 0.25) is 0 Å². The fourth-order valence-corrected chi connectivity index (χ4v) is 2.15. The van der Waals surface area contributed by atoms with Crippen molar-refractivity contribution in [3.8, 4) is 11.5 Å². The van der Waals surface area contributed by atoms with Crippen LogP contribution in [0.15, 0.2) is 36.4 Å². The molecule has 132 valence electrons. The van der Waals surface area contributed by atoms with Crippen molar-refractivity contribution in [2.24, 2.45) is 0 Å². The zero-order chi connectivity index (χ0) is 17.0. The number of hydrogen-bond acceptors (Lipinski definition) is 6. The minimum absolute atomic E-state index is 0.0218. The van der Waals surface area contributed by atoms with Gasteiger partial charge in [0.1, 0.15) is 24.7 Å². The molecule has 0 amide bonds. The molecular weight excluding hydrogens is 312 g/mol. The smallest absolute Gasteiger partial charge is 0.120 e. The largest absolute Gasteiger partial charge is 0.491 e. The number of ether oxygens (including phenoxy) is 4. The van der Waals surface area contributed by atoms with Crippen LogP contribution < -0.4 is 9.47 Å². The average molecular weight is 336 g/mol. The van der Waals surface area contributed by atoms with Gasteiger partial charge in [0.25, 0.3) is 0 Å². The summed E-state index contributed by atoms with van der Waals surface area (Å²) in [5.74, 6) is 1.56. The Morgan fingerprint density at radius 2 is 1.04 bits per heavy atom. The van der Waals surface area contributed by atoms with Crippen LogP contribution >= 0.6 is 0 Å². The lowest BCUT2D eigenvalue weighted by molar-refractivity contribution is 0.0705. The minimum Gasteiger partial charge on any atom is -0.491 e. The minimum atomic E-state index is 0.0218. The summed E-state index contributed by atoms with van der Waals surface area (Å²) < 4.78 is 21.5. The van der Waals surface area contributed by atoms with Gasteiger partial charge in [-0.15, -0.1) is 0 Å². The van der Waals surface area contributed by atoms with E-state index in [4.69, 9.17) is 29.2 Å². The summed E-state index contributed by atoms with van der Waals surface area (Å²) in [6.07, 6.45) is 0. The Hall–Kier alpha value is -1.86. The third-order valence-corrected chi connectivity index (χ3v) is 3.25. The van der Waals surface area contributed by atoms with Gasteiger partial charge in [-0.3, -0.25) is 0 Å². The maximum atomic E-state index is 8.62. The molecule has 24 heavy (non-hydrogen) atoms. The summed E-state index contributed by atoms with van der Waals surface area (Å²) >= 11 is 0. The molecule has 0 aliphatic heterocycles. The first-order valence-corrected chi connectivity index (χ1v) is 8.00. The Morgan fingerprint density at radius 1 is 0.583 bits per heavy atom. The van der Waals surface area contributed by atoms with E-state index >= 15 is 0 Å². The third-order valence-electron chi connectivity index (χ3n) is 3.25. The first kappa shape index (κ1) is 18.5. The summed E-state index contributed by atoms with van der Waals surface area (Å²) in [6, 6.07) is 11.7. The molecule has 2 aromatic rings. The van der Waals surface area contributed by atoms with E-state index in [1.165, 1.54) is 0 Å². The Kier molecular flexibility index (Phi) is 8.34. The Bertz CT molecular complexity index is 548. The topological polar surface area (TPSA) is 77.4 Å². The molecule has 0 bridgehead atoms. The molecule has 0 heterocycles. The maximum absolute atomic E-state index is 8.62. The Labute approximate surface area is 141 Å². The molecule has 2 rings (SSSR count). The quantitative estimate of drug-likeness (QED) is 0.574. The van der Waals surface area contributed by atoms with Gasteiger partial charge >= 0.3 is 0 Å². The Balaban J connectivity index is 1.83. The van der Waals surface area contributed by atoms with Crippen molar-refractivity contribution >= 4 is 10.8 Å². The van der Waals surface area contributed by atoms with Crippen LogP contribution in [0.5, 0.6) is 11.5 Å². The van der Waals surface area contributed by atoms with Crippen LogP contribution in [-0.2, 0) is 9.47 Å². The van der Waals surface area contributed by atoms with Crippen molar-refractivity contribution in [3.05, 3.63) is 36.4 Å². The lowest BCUT2D eigenvalue weighted by Gasteiger charge is -2.10. The van der Waals surface area contributed by atoms with E-state index in [0.717, 1.165) is 22.3 Å². The first-order chi connectivity index (χ1) is 11.8. The third kappa shape index (κ3) is 6.33. The highest BCUT2D eigenvalue weighted by Gasteiger charge is 2.01. The number of aliphatic hydroxyl groups is 2. The van der Waals surface area contributed by atoms with Gasteiger partial charge in [0.15, 0.2) is 0 Å². The van der Waals surface area contributed by atoms with Gasteiger partial charge in [-0.05, 0) is 35.0 Å². The average Bonchev–Trinajstić information content (AvgIpc) is 2.61. The first-order valence-electron chi connectivity index (χ1n) is 8.00. The molecule has 0 aliphatic carbocycles. The van der Waals surface area contributed by atoms with E-state index in [1.807, 2.05) is 36.4 Å². The summed E-state index contributed by atoms with van der Waals surface area (Å²) in [5.41, 5.74) is 0. The second-order valence-electron chi connectivity index (χ2n) is 5.04. The fourth-order valence-electron chi connectivity index (χ4n) is 2.15. The summed E-state index contributed by atoms with van der Waals surface area (Å²) in [4.78, 5) is 0. The van der Waals surface area contributed by atoms with Gasteiger partial charge < -0.3 is 29.2 Å². The van der Waals surface area contributed by atoms with Crippen LogP contribution in [0.25, 0.3) is 10.8 Å². The SMILES string of the molecule is OCCOCCOc1ccc2cc(OCCOCCO)ccc2c1. The molecule has 0 saturated heterocycles. The van der Waals surface area contributed by atoms with Crippen molar-refractivity contribution < 1.29 is 29.2 Å². The molecule has 0 fully saturated rings. The van der Waals surface area contributed by atoms with Crippen LogP contribution in [0.4, 0.5) is 0 Å².